The minimum atomic E-state index is -0.988. The molecule has 0 saturated heterocycles. The zero-order chi connectivity index (χ0) is 22.3. The fourth-order valence-electron chi connectivity index (χ4n) is 3.39. The van der Waals surface area contributed by atoms with E-state index in [2.05, 4.69) is 4.98 Å². The number of aliphatic carboxylic acids is 1. The summed E-state index contributed by atoms with van der Waals surface area (Å²) in [5.41, 5.74) is 3.33. The van der Waals surface area contributed by atoms with Gasteiger partial charge < -0.3 is 14.3 Å². The van der Waals surface area contributed by atoms with Crippen molar-refractivity contribution in [3.63, 3.8) is 0 Å². The van der Waals surface area contributed by atoms with Crippen molar-refractivity contribution in [1.29, 1.82) is 0 Å². The quantitative estimate of drug-likeness (QED) is 0.281. The summed E-state index contributed by atoms with van der Waals surface area (Å²) >= 11 is 0. The Kier molecular flexibility index (Phi) is 6.46. The number of oxazole rings is 1. The van der Waals surface area contributed by atoms with E-state index in [0.717, 1.165) is 17.0 Å². The number of aromatic nitrogens is 1. The van der Waals surface area contributed by atoms with Crippen LogP contribution in [0.4, 0.5) is 0 Å². The van der Waals surface area contributed by atoms with Gasteiger partial charge in [-0.25, -0.2) is 9.78 Å². The highest BCUT2D eigenvalue weighted by molar-refractivity contribution is 6.20. The van der Waals surface area contributed by atoms with Crippen molar-refractivity contribution in [3.05, 3.63) is 108 Å². The minimum absolute atomic E-state index is 0.210. The lowest BCUT2D eigenvalue weighted by Crippen LogP contribution is -2.04. The lowest BCUT2D eigenvalue weighted by atomic mass is 10.0. The second-order valence-electron chi connectivity index (χ2n) is 7.25. The zero-order valence-corrected chi connectivity index (χ0v) is 17.7. The number of benzene rings is 3. The van der Waals surface area contributed by atoms with Crippen LogP contribution < -0.4 is 4.74 Å². The Balaban J connectivity index is 1.50. The van der Waals surface area contributed by atoms with Crippen LogP contribution in [0.5, 0.6) is 5.75 Å². The number of aryl methyl sites for hydroxylation is 1. The van der Waals surface area contributed by atoms with Gasteiger partial charge in [-0.1, -0.05) is 66.7 Å². The third kappa shape index (κ3) is 4.95. The fourth-order valence-corrected chi connectivity index (χ4v) is 3.39. The molecule has 1 heterocycles. The Morgan fingerprint density at radius 2 is 1.62 bits per heavy atom. The van der Waals surface area contributed by atoms with Crippen LogP contribution in [-0.2, 0) is 11.2 Å². The first-order valence-electron chi connectivity index (χ1n) is 10.4. The number of nitrogens with zero attached hydrogens (tertiary/aromatic N) is 1. The molecule has 0 unspecified atom stereocenters. The molecule has 0 bridgehead atoms. The maximum absolute atomic E-state index is 11.8. The van der Waals surface area contributed by atoms with E-state index < -0.39 is 5.97 Å². The van der Waals surface area contributed by atoms with Crippen molar-refractivity contribution < 1.29 is 19.1 Å². The van der Waals surface area contributed by atoms with Gasteiger partial charge in [0.1, 0.15) is 11.5 Å². The summed E-state index contributed by atoms with van der Waals surface area (Å²) in [4.78, 5) is 16.5. The number of carboxylic acids is 1. The molecule has 3 aromatic carbocycles. The van der Waals surface area contributed by atoms with Crippen LogP contribution in [0.1, 0.15) is 22.6 Å². The molecular weight excluding hydrogens is 402 g/mol. The summed E-state index contributed by atoms with van der Waals surface area (Å²) in [5, 5.41) is 9.70. The number of para-hydroxylation sites is 1. The van der Waals surface area contributed by atoms with Crippen LogP contribution in [0.25, 0.3) is 23.1 Å². The Morgan fingerprint density at radius 3 is 2.34 bits per heavy atom. The van der Waals surface area contributed by atoms with E-state index in [1.807, 2.05) is 79.7 Å². The molecule has 0 spiro atoms. The van der Waals surface area contributed by atoms with E-state index in [9.17, 15) is 9.90 Å². The van der Waals surface area contributed by atoms with Crippen LogP contribution in [0, 0.1) is 6.92 Å². The molecule has 32 heavy (non-hydrogen) atoms. The molecule has 1 N–H and O–H groups in total. The zero-order valence-electron chi connectivity index (χ0n) is 17.7. The molecule has 0 aliphatic carbocycles. The van der Waals surface area contributed by atoms with Crippen molar-refractivity contribution >= 4 is 17.6 Å². The molecule has 160 valence electrons. The van der Waals surface area contributed by atoms with Crippen LogP contribution in [-0.4, -0.2) is 22.7 Å². The molecule has 0 saturated carbocycles. The van der Waals surface area contributed by atoms with Crippen molar-refractivity contribution in [1.82, 2.24) is 4.98 Å². The number of rotatable bonds is 8. The van der Waals surface area contributed by atoms with Gasteiger partial charge in [-0.2, -0.15) is 0 Å². The van der Waals surface area contributed by atoms with E-state index in [4.69, 9.17) is 9.15 Å². The van der Waals surface area contributed by atoms with Gasteiger partial charge in [-0.05, 0) is 36.8 Å². The second-order valence-corrected chi connectivity index (χ2v) is 7.25. The lowest BCUT2D eigenvalue weighted by Gasteiger charge is -2.10. The normalized spacial score (nSPS) is 11.3. The largest absolute Gasteiger partial charge is 0.493 e. The maximum atomic E-state index is 11.8. The van der Waals surface area contributed by atoms with Gasteiger partial charge in [0.15, 0.2) is 0 Å². The molecule has 5 nitrogen and oxygen atoms in total. The highest BCUT2D eigenvalue weighted by Gasteiger charge is 2.13. The van der Waals surface area contributed by atoms with Crippen LogP contribution in [0.15, 0.2) is 89.3 Å². The van der Waals surface area contributed by atoms with Crippen molar-refractivity contribution in [2.75, 3.05) is 6.61 Å². The average molecular weight is 425 g/mol. The number of hydrogen-bond acceptors (Lipinski definition) is 4. The molecule has 0 fully saturated rings. The van der Waals surface area contributed by atoms with Crippen molar-refractivity contribution in [3.8, 4) is 17.2 Å². The highest BCUT2D eigenvalue weighted by atomic mass is 16.5. The molecule has 0 radical (unpaired) electrons. The minimum Gasteiger partial charge on any atom is -0.493 e. The first-order chi connectivity index (χ1) is 15.6. The third-order valence-electron chi connectivity index (χ3n) is 5.04. The number of carboxylic acid groups (broad SMARTS) is 1. The van der Waals surface area contributed by atoms with Gasteiger partial charge >= 0.3 is 5.97 Å². The number of ether oxygens (including phenoxy) is 1. The smallest absolute Gasteiger partial charge is 0.336 e. The van der Waals surface area contributed by atoms with E-state index >= 15 is 0 Å². The summed E-state index contributed by atoms with van der Waals surface area (Å²) in [6.07, 6.45) is 2.21. The third-order valence-corrected chi connectivity index (χ3v) is 5.04. The molecule has 5 heteroatoms. The Bertz CT molecular complexity index is 1230. The van der Waals surface area contributed by atoms with Gasteiger partial charge in [0.25, 0.3) is 0 Å². The topological polar surface area (TPSA) is 72.6 Å². The first-order valence-corrected chi connectivity index (χ1v) is 10.4. The Hall–Kier alpha value is -4.12. The Labute approximate surface area is 186 Å². The van der Waals surface area contributed by atoms with Crippen molar-refractivity contribution in [2.45, 2.75) is 13.3 Å². The molecular formula is C27H23NO4. The fraction of sp³-hybridized carbons (Fsp3) is 0.111. The first kappa shape index (κ1) is 21.1. The predicted molar refractivity (Wildman–Crippen MR) is 124 cm³/mol. The molecule has 0 aliphatic heterocycles. The second kappa shape index (κ2) is 9.79. The molecule has 0 amide bonds. The molecule has 4 aromatic rings. The molecule has 1 aromatic heterocycles. The van der Waals surface area contributed by atoms with Gasteiger partial charge in [0.05, 0.1) is 17.9 Å². The van der Waals surface area contributed by atoms with Crippen LogP contribution in [0.3, 0.4) is 0 Å². The summed E-state index contributed by atoms with van der Waals surface area (Å²) < 4.78 is 11.8. The van der Waals surface area contributed by atoms with E-state index in [-0.39, 0.29) is 5.57 Å². The van der Waals surface area contributed by atoms with Crippen molar-refractivity contribution in [2.24, 2.45) is 0 Å². The monoisotopic (exact) mass is 425 g/mol. The maximum Gasteiger partial charge on any atom is 0.336 e. The van der Waals surface area contributed by atoms with Gasteiger partial charge in [0, 0.05) is 17.5 Å². The van der Waals surface area contributed by atoms with E-state index in [1.165, 1.54) is 0 Å². The van der Waals surface area contributed by atoms with Gasteiger partial charge in [0.2, 0.25) is 5.89 Å². The molecule has 0 atom stereocenters. The standard InChI is InChI=1S/C27H23NO4/c1-19-24(28-26(32-19)21-12-6-3-7-13-21)16-17-31-25-15-9-8-14-22(25)18-23(27(29)30)20-10-4-2-5-11-20/h2-15,18H,16-17H2,1H3,(H,29,30). The van der Waals surface area contributed by atoms with Crippen LogP contribution >= 0.6 is 0 Å². The summed E-state index contributed by atoms with van der Waals surface area (Å²) in [5.74, 6) is 0.984. The van der Waals surface area contributed by atoms with Gasteiger partial charge in [-0.3, -0.25) is 0 Å². The van der Waals surface area contributed by atoms with E-state index in [1.54, 1.807) is 18.2 Å². The van der Waals surface area contributed by atoms with E-state index in [0.29, 0.717) is 35.8 Å². The predicted octanol–water partition coefficient (Wildman–Crippen LogP) is 5.90. The average Bonchev–Trinajstić information content (AvgIpc) is 3.19. The highest BCUT2D eigenvalue weighted by Crippen LogP contribution is 2.26. The molecule has 4 rings (SSSR count). The summed E-state index contributed by atoms with van der Waals surface area (Å²) in [6, 6.07) is 26.2. The number of carbonyl (C=O) groups is 1. The van der Waals surface area contributed by atoms with Gasteiger partial charge in [-0.15, -0.1) is 0 Å². The number of hydrogen-bond donors (Lipinski definition) is 1. The summed E-state index contributed by atoms with van der Waals surface area (Å²) in [6.45, 7) is 2.28. The SMILES string of the molecule is Cc1oc(-c2ccccc2)nc1CCOc1ccccc1C=C(C(=O)O)c1ccccc1. The Morgan fingerprint density at radius 1 is 0.969 bits per heavy atom. The lowest BCUT2D eigenvalue weighted by molar-refractivity contribution is -0.130. The summed E-state index contributed by atoms with van der Waals surface area (Å²) in [7, 11) is 0. The van der Waals surface area contributed by atoms with Crippen LogP contribution in [0.2, 0.25) is 0 Å². The molecule has 0 aliphatic rings.